The number of aryl methyl sites for hydroxylation is 5. The van der Waals surface area contributed by atoms with Gasteiger partial charge in [0.15, 0.2) is 0 Å². The Bertz CT molecular complexity index is 1560. The van der Waals surface area contributed by atoms with Crippen molar-refractivity contribution in [3.8, 4) is 0 Å². The third-order valence-electron chi connectivity index (χ3n) is 8.23. The fraction of sp³-hybridized carbons (Fsp3) is 0.317. The van der Waals surface area contributed by atoms with E-state index < -0.39 is 11.7 Å². The second kappa shape index (κ2) is 17.4. The molecule has 1 aliphatic carbocycles. The monoisotopic (exact) mass is 596 g/mol. The standard InChI is InChI=1S/C12H12.C11H14.C9H9F3.C9H12/c1-2-10-7-5-8-11-6-3-4-9-12(10)11;1-9-5-4-7-10-6-2-3-8-11(9)10;1-2-7-4-3-5-8(6-7)9(10,11)12;1-3-9-7-5-4-6-8(9)2/h3-9H,2H2,1H3;2-3,6,8-9H,4-5,7H2,1H3;3-6H,2H2,1H3;4-7H,3H2,1-2H3. The van der Waals surface area contributed by atoms with Crippen LogP contribution >= 0.6 is 0 Å². The molecule has 0 heterocycles. The Morgan fingerprint density at radius 1 is 0.659 bits per heavy atom. The van der Waals surface area contributed by atoms with E-state index in [1.54, 1.807) is 17.2 Å². The van der Waals surface area contributed by atoms with Crippen LogP contribution in [0, 0.1) is 6.92 Å². The lowest BCUT2D eigenvalue weighted by atomic mass is 9.84. The maximum Gasteiger partial charge on any atom is 0.416 e. The predicted molar refractivity (Wildman–Crippen MR) is 182 cm³/mol. The van der Waals surface area contributed by atoms with Crippen molar-refractivity contribution in [3.05, 3.63) is 154 Å². The first-order chi connectivity index (χ1) is 21.2. The van der Waals surface area contributed by atoms with Crippen LogP contribution in [0.3, 0.4) is 0 Å². The summed E-state index contributed by atoms with van der Waals surface area (Å²) in [5.74, 6) is 0.792. The minimum atomic E-state index is -4.22. The van der Waals surface area contributed by atoms with Crippen LogP contribution < -0.4 is 0 Å². The van der Waals surface area contributed by atoms with Gasteiger partial charge in [-0.2, -0.15) is 13.2 Å². The Balaban J connectivity index is 0.000000161. The van der Waals surface area contributed by atoms with Crippen LogP contribution in [0.2, 0.25) is 0 Å². The molecule has 0 saturated carbocycles. The zero-order chi connectivity index (χ0) is 32.0. The maximum absolute atomic E-state index is 12.1. The van der Waals surface area contributed by atoms with Gasteiger partial charge in [-0.25, -0.2) is 0 Å². The van der Waals surface area contributed by atoms with Crippen molar-refractivity contribution in [1.82, 2.24) is 0 Å². The van der Waals surface area contributed by atoms with Crippen LogP contribution in [0.4, 0.5) is 13.2 Å². The first-order valence-corrected chi connectivity index (χ1v) is 15.9. The summed E-state index contributed by atoms with van der Waals surface area (Å²) >= 11 is 0. The van der Waals surface area contributed by atoms with E-state index in [4.69, 9.17) is 0 Å². The molecule has 0 aromatic heterocycles. The van der Waals surface area contributed by atoms with Crippen molar-refractivity contribution in [3.63, 3.8) is 0 Å². The predicted octanol–water partition coefficient (Wildman–Crippen LogP) is 12.4. The molecule has 1 aliphatic rings. The van der Waals surface area contributed by atoms with Crippen LogP contribution in [0.25, 0.3) is 10.8 Å². The van der Waals surface area contributed by atoms with E-state index in [0.717, 1.165) is 24.8 Å². The zero-order valence-corrected chi connectivity index (χ0v) is 26.9. The number of rotatable bonds is 3. The smallest absolute Gasteiger partial charge is 0.166 e. The van der Waals surface area contributed by atoms with Gasteiger partial charge in [-0.3, -0.25) is 0 Å². The van der Waals surface area contributed by atoms with Crippen LogP contribution in [0.5, 0.6) is 0 Å². The quantitative estimate of drug-likeness (QED) is 0.194. The van der Waals surface area contributed by atoms with Crippen LogP contribution in [0.1, 0.15) is 85.4 Å². The summed E-state index contributed by atoms with van der Waals surface area (Å²) in [6, 6.07) is 37.7. The molecule has 0 fully saturated rings. The summed E-state index contributed by atoms with van der Waals surface area (Å²) in [7, 11) is 0. The normalized spacial score (nSPS) is 13.7. The largest absolute Gasteiger partial charge is 0.416 e. The van der Waals surface area contributed by atoms with Gasteiger partial charge in [0, 0.05) is 0 Å². The van der Waals surface area contributed by atoms with E-state index >= 15 is 0 Å². The lowest BCUT2D eigenvalue weighted by molar-refractivity contribution is -0.137. The van der Waals surface area contributed by atoms with Crippen molar-refractivity contribution >= 4 is 10.8 Å². The van der Waals surface area contributed by atoms with E-state index in [2.05, 4.69) is 119 Å². The molecule has 5 aromatic rings. The van der Waals surface area contributed by atoms with Crippen molar-refractivity contribution < 1.29 is 13.2 Å². The number of benzene rings is 5. The van der Waals surface area contributed by atoms with Crippen LogP contribution in [-0.4, -0.2) is 0 Å². The topological polar surface area (TPSA) is 0 Å². The van der Waals surface area contributed by atoms with Crippen LogP contribution in [-0.2, 0) is 31.9 Å². The lowest BCUT2D eigenvalue weighted by Gasteiger charge is -2.21. The summed E-state index contributed by atoms with van der Waals surface area (Å²) in [5, 5.41) is 2.74. The second-order valence-corrected chi connectivity index (χ2v) is 11.3. The van der Waals surface area contributed by atoms with Gasteiger partial charge < -0.3 is 0 Å². The van der Waals surface area contributed by atoms with Crippen molar-refractivity contribution in [2.45, 2.75) is 85.2 Å². The van der Waals surface area contributed by atoms with Gasteiger partial charge in [0.25, 0.3) is 0 Å². The SMILES string of the molecule is CC1CCCc2ccccc21.CCc1cccc(C(F)(F)F)c1.CCc1cccc2ccccc12.CCc1ccccc1C. The number of hydrogen-bond donors (Lipinski definition) is 0. The van der Waals surface area contributed by atoms with Gasteiger partial charge in [0.2, 0.25) is 0 Å². The molecule has 0 bridgehead atoms. The van der Waals surface area contributed by atoms with Gasteiger partial charge in [0.1, 0.15) is 0 Å². The Morgan fingerprint density at radius 2 is 1.27 bits per heavy atom. The van der Waals surface area contributed by atoms with Gasteiger partial charge in [-0.1, -0.05) is 137 Å². The highest BCUT2D eigenvalue weighted by molar-refractivity contribution is 5.85. The highest BCUT2D eigenvalue weighted by Crippen LogP contribution is 2.31. The highest BCUT2D eigenvalue weighted by Gasteiger charge is 2.30. The van der Waals surface area contributed by atoms with Crippen LogP contribution in [0.15, 0.2) is 115 Å². The first-order valence-electron chi connectivity index (χ1n) is 15.9. The highest BCUT2D eigenvalue weighted by atomic mass is 19.4. The fourth-order valence-corrected chi connectivity index (χ4v) is 5.57. The molecule has 1 atom stereocenters. The first kappa shape index (κ1) is 34.6. The van der Waals surface area contributed by atoms with Gasteiger partial charge in [-0.05, 0) is 102 Å². The van der Waals surface area contributed by atoms with Gasteiger partial charge >= 0.3 is 6.18 Å². The van der Waals surface area contributed by atoms with E-state index in [1.807, 2.05) is 6.92 Å². The van der Waals surface area contributed by atoms with Crippen molar-refractivity contribution in [2.75, 3.05) is 0 Å². The molecule has 0 N–H and O–H groups in total. The fourth-order valence-electron chi connectivity index (χ4n) is 5.57. The number of hydrogen-bond acceptors (Lipinski definition) is 0. The molecular weight excluding hydrogens is 549 g/mol. The Labute approximate surface area is 263 Å². The summed E-state index contributed by atoms with van der Waals surface area (Å²) in [6.45, 7) is 10.7. The molecule has 0 amide bonds. The summed E-state index contributed by atoms with van der Waals surface area (Å²) < 4.78 is 36.3. The molecule has 0 aliphatic heterocycles. The average Bonchev–Trinajstić information content (AvgIpc) is 3.05. The van der Waals surface area contributed by atoms with E-state index in [9.17, 15) is 13.2 Å². The molecule has 0 radical (unpaired) electrons. The molecule has 232 valence electrons. The minimum Gasteiger partial charge on any atom is -0.166 e. The molecule has 5 aromatic carbocycles. The molecule has 0 saturated heterocycles. The van der Waals surface area contributed by atoms with E-state index in [1.165, 1.54) is 58.9 Å². The number of alkyl halides is 3. The molecule has 0 spiro atoms. The molecule has 6 rings (SSSR count). The number of halogens is 3. The third kappa shape index (κ3) is 10.4. The van der Waals surface area contributed by atoms with E-state index in [0.29, 0.717) is 12.0 Å². The third-order valence-corrected chi connectivity index (χ3v) is 8.23. The average molecular weight is 597 g/mol. The molecule has 1 unspecified atom stereocenters. The summed E-state index contributed by atoms with van der Waals surface area (Å²) in [5.41, 5.74) is 7.60. The molecule has 3 heteroatoms. The minimum absolute atomic E-state index is 0.568. The van der Waals surface area contributed by atoms with Gasteiger partial charge in [-0.15, -0.1) is 0 Å². The lowest BCUT2D eigenvalue weighted by Crippen LogP contribution is -2.05. The molecule has 0 nitrogen and oxygen atoms in total. The van der Waals surface area contributed by atoms with Crippen molar-refractivity contribution in [1.29, 1.82) is 0 Å². The molecular formula is C41H47F3. The Morgan fingerprint density at radius 3 is 1.93 bits per heavy atom. The van der Waals surface area contributed by atoms with E-state index in [-0.39, 0.29) is 0 Å². The molecule has 44 heavy (non-hydrogen) atoms. The summed E-state index contributed by atoms with van der Waals surface area (Å²) in [6.07, 6.45) is 2.71. The second-order valence-electron chi connectivity index (χ2n) is 11.3. The Hall–Kier alpha value is -3.85. The summed E-state index contributed by atoms with van der Waals surface area (Å²) in [4.78, 5) is 0. The Kier molecular flexibility index (Phi) is 13.7. The van der Waals surface area contributed by atoms with Gasteiger partial charge in [0.05, 0.1) is 5.56 Å². The van der Waals surface area contributed by atoms with Crippen molar-refractivity contribution in [2.24, 2.45) is 0 Å². The number of fused-ring (bicyclic) bond motifs is 2. The zero-order valence-electron chi connectivity index (χ0n) is 26.9. The maximum atomic E-state index is 12.1.